The molecule has 1 atom stereocenters. The van der Waals surface area contributed by atoms with Crippen molar-refractivity contribution in [2.45, 2.75) is 51.0 Å². The van der Waals surface area contributed by atoms with E-state index in [0.29, 0.717) is 5.92 Å². The van der Waals surface area contributed by atoms with Gasteiger partial charge in [0.25, 0.3) is 0 Å². The second-order valence-electron chi connectivity index (χ2n) is 5.26. The van der Waals surface area contributed by atoms with Crippen LogP contribution in [0.5, 0.6) is 0 Å². The maximum absolute atomic E-state index is 12.1. The number of nitrogen functional groups attached to an aromatic ring is 1. The van der Waals surface area contributed by atoms with Crippen LogP contribution in [0.1, 0.15) is 40.0 Å². The summed E-state index contributed by atoms with van der Waals surface area (Å²) in [6.45, 7) is 6.20. The molecule has 0 radical (unpaired) electrons. The monoisotopic (exact) mass is 285 g/mol. The molecular weight excluding hydrogens is 262 g/mol. The number of nitrogens with zero attached hydrogens (tertiary/aromatic N) is 1. The summed E-state index contributed by atoms with van der Waals surface area (Å²) >= 11 is 0. The highest BCUT2D eigenvalue weighted by molar-refractivity contribution is 7.89. The van der Waals surface area contributed by atoms with Gasteiger partial charge in [-0.15, -0.1) is 0 Å². The topological polar surface area (TPSA) is 85.1 Å². The summed E-state index contributed by atoms with van der Waals surface area (Å²) in [5.74, 6) is 0.846. The summed E-state index contributed by atoms with van der Waals surface area (Å²) in [5, 5.41) is 0. The molecule has 1 rings (SSSR count). The van der Waals surface area contributed by atoms with E-state index >= 15 is 0 Å². The van der Waals surface area contributed by atoms with Crippen molar-refractivity contribution in [1.82, 2.24) is 9.71 Å². The number of pyridine rings is 1. The number of nitrogens with one attached hydrogen (secondary N) is 1. The van der Waals surface area contributed by atoms with Gasteiger partial charge in [0, 0.05) is 18.3 Å². The van der Waals surface area contributed by atoms with Gasteiger partial charge in [0.2, 0.25) is 10.0 Å². The lowest BCUT2D eigenvalue weighted by Gasteiger charge is -2.15. The Hall–Kier alpha value is -1.14. The predicted octanol–water partition coefficient (Wildman–Crippen LogP) is 2.16. The lowest BCUT2D eigenvalue weighted by Crippen LogP contribution is -2.32. The Morgan fingerprint density at radius 2 is 2.00 bits per heavy atom. The molecule has 1 aromatic rings. The van der Waals surface area contributed by atoms with Crippen LogP contribution in [0.3, 0.4) is 0 Å². The lowest BCUT2D eigenvalue weighted by atomic mass is 10.0. The Bertz CT molecular complexity index is 500. The number of nitrogens with two attached hydrogens (primary N) is 1. The summed E-state index contributed by atoms with van der Waals surface area (Å²) < 4.78 is 26.9. The van der Waals surface area contributed by atoms with Gasteiger partial charge in [-0.3, -0.25) is 0 Å². The van der Waals surface area contributed by atoms with Crippen LogP contribution in [0.4, 0.5) is 5.82 Å². The predicted molar refractivity (Wildman–Crippen MR) is 77.1 cm³/mol. The number of hydrogen-bond acceptors (Lipinski definition) is 4. The van der Waals surface area contributed by atoms with E-state index < -0.39 is 10.0 Å². The molecule has 5 nitrogen and oxygen atoms in total. The molecule has 0 aliphatic rings. The highest BCUT2D eigenvalue weighted by atomic mass is 32.2. The van der Waals surface area contributed by atoms with Gasteiger partial charge in [0.05, 0.1) is 4.90 Å². The van der Waals surface area contributed by atoms with Gasteiger partial charge < -0.3 is 5.73 Å². The normalized spacial score (nSPS) is 13.7. The second kappa shape index (κ2) is 6.86. The molecule has 3 N–H and O–H groups in total. The zero-order valence-electron chi connectivity index (χ0n) is 11.8. The van der Waals surface area contributed by atoms with Gasteiger partial charge in [-0.1, -0.05) is 26.7 Å². The lowest BCUT2D eigenvalue weighted by molar-refractivity contribution is 0.488. The van der Waals surface area contributed by atoms with Crippen molar-refractivity contribution in [3.8, 4) is 0 Å². The van der Waals surface area contributed by atoms with Crippen LogP contribution >= 0.6 is 0 Å². The molecule has 0 amide bonds. The number of anilines is 1. The van der Waals surface area contributed by atoms with E-state index in [2.05, 4.69) is 23.6 Å². The Morgan fingerprint density at radius 1 is 1.32 bits per heavy atom. The van der Waals surface area contributed by atoms with E-state index in [9.17, 15) is 8.42 Å². The quantitative estimate of drug-likeness (QED) is 0.804. The molecule has 0 saturated carbocycles. The van der Waals surface area contributed by atoms with Gasteiger partial charge in [0.1, 0.15) is 5.82 Å². The third kappa shape index (κ3) is 5.57. The van der Waals surface area contributed by atoms with E-state index in [4.69, 9.17) is 5.73 Å². The third-order valence-corrected chi connectivity index (χ3v) is 4.43. The van der Waals surface area contributed by atoms with Gasteiger partial charge >= 0.3 is 0 Å². The first-order chi connectivity index (χ1) is 8.81. The Labute approximate surface area is 115 Å². The van der Waals surface area contributed by atoms with Gasteiger partial charge in [-0.05, 0) is 25.3 Å². The van der Waals surface area contributed by atoms with Crippen molar-refractivity contribution in [3.05, 3.63) is 18.3 Å². The molecule has 0 saturated heterocycles. The van der Waals surface area contributed by atoms with Crippen molar-refractivity contribution in [2.75, 3.05) is 5.73 Å². The van der Waals surface area contributed by atoms with E-state index in [1.807, 2.05) is 6.92 Å². The molecule has 6 heteroatoms. The van der Waals surface area contributed by atoms with Crippen LogP contribution in [0.2, 0.25) is 0 Å². The summed E-state index contributed by atoms with van der Waals surface area (Å²) in [4.78, 5) is 3.95. The maximum atomic E-state index is 12.1. The molecule has 0 aliphatic carbocycles. The Kier molecular flexibility index (Phi) is 5.75. The Balaban J connectivity index is 2.59. The summed E-state index contributed by atoms with van der Waals surface area (Å²) in [6.07, 6.45) is 4.35. The molecule has 1 heterocycles. The molecule has 1 aromatic heterocycles. The minimum atomic E-state index is -3.50. The first-order valence-electron chi connectivity index (χ1n) is 6.55. The number of aromatic nitrogens is 1. The highest BCUT2D eigenvalue weighted by Crippen LogP contribution is 2.13. The number of rotatable bonds is 7. The van der Waals surface area contributed by atoms with E-state index in [0.717, 1.165) is 19.3 Å². The Morgan fingerprint density at radius 3 is 2.58 bits per heavy atom. The standard InChI is InChI=1S/C13H23N3O2S/c1-10(2)5-4-6-11(3)16-19(17,18)12-7-8-15-13(14)9-12/h7-11,16H,4-6H2,1-3H3,(H2,14,15). The molecular formula is C13H23N3O2S. The fraction of sp³-hybridized carbons (Fsp3) is 0.615. The third-order valence-electron chi connectivity index (χ3n) is 2.84. The average molecular weight is 285 g/mol. The first-order valence-corrected chi connectivity index (χ1v) is 8.03. The molecule has 1 unspecified atom stereocenters. The van der Waals surface area contributed by atoms with Crippen molar-refractivity contribution >= 4 is 15.8 Å². The molecule has 0 aromatic carbocycles. The van der Waals surface area contributed by atoms with E-state index in [-0.39, 0.29) is 16.8 Å². The zero-order chi connectivity index (χ0) is 14.5. The smallest absolute Gasteiger partial charge is 0.240 e. The molecule has 0 bridgehead atoms. The van der Waals surface area contributed by atoms with Crippen molar-refractivity contribution in [1.29, 1.82) is 0 Å². The van der Waals surface area contributed by atoms with Crippen LogP contribution in [0.15, 0.2) is 23.2 Å². The van der Waals surface area contributed by atoms with Crippen LogP contribution in [-0.2, 0) is 10.0 Å². The molecule has 108 valence electrons. The molecule has 0 aliphatic heterocycles. The summed E-state index contributed by atoms with van der Waals surface area (Å²) in [6, 6.07) is 2.72. The second-order valence-corrected chi connectivity index (χ2v) is 6.98. The zero-order valence-corrected chi connectivity index (χ0v) is 12.6. The van der Waals surface area contributed by atoms with Crippen molar-refractivity contribution < 1.29 is 8.42 Å². The SMILES string of the molecule is CC(C)CCCC(C)NS(=O)(=O)c1ccnc(N)c1. The van der Waals surface area contributed by atoms with Crippen LogP contribution < -0.4 is 10.5 Å². The minimum Gasteiger partial charge on any atom is -0.384 e. The summed E-state index contributed by atoms with van der Waals surface area (Å²) in [7, 11) is -3.50. The summed E-state index contributed by atoms with van der Waals surface area (Å²) in [5.41, 5.74) is 5.50. The molecule has 0 fully saturated rings. The number of sulfonamides is 1. The van der Waals surface area contributed by atoms with E-state index in [1.165, 1.54) is 18.3 Å². The van der Waals surface area contributed by atoms with Gasteiger partial charge in [-0.25, -0.2) is 18.1 Å². The maximum Gasteiger partial charge on any atom is 0.240 e. The van der Waals surface area contributed by atoms with Gasteiger partial charge in [-0.2, -0.15) is 0 Å². The largest absolute Gasteiger partial charge is 0.384 e. The minimum absolute atomic E-state index is 0.0851. The van der Waals surface area contributed by atoms with Gasteiger partial charge in [0.15, 0.2) is 0 Å². The van der Waals surface area contributed by atoms with Crippen molar-refractivity contribution in [2.24, 2.45) is 5.92 Å². The van der Waals surface area contributed by atoms with E-state index in [1.54, 1.807) is 0 Å². The van der Waals surface area contributed by atoms with Crippen LogP contribution in [-0.4, -0.2) is 19.4 Å². The first kappa shape index (κ1) is 15.9. The fourth-order valence-electron chi connectivity index (χ4n) is 1.82. The van der Waals surface area contributed by atoms with Crippen LogP contribution in [0.25, 0.3) is 0 Å². The molecule has 19 heavy (non-hydrogen) atoms. The number of hydrogen-bond donors (Lipinski definition) is 2. The fourth-order valence-corrected chi connectivity index (χ4v) is 3.12. The van der Waals surface area contributed by atoms with Crippen LogP contribution in [0, 0.1) is 5.92 Å². The van der Waals surface area contributed by atoms with Crippen molar-refractivity contribution in [3.63, 3.8) is 0 Å². The highest BCUT2D eigenvalue weighted by Gasteiger charge is 2.17. The molecule has 0 spiro atoms. The average Bonchev–Trinajstić information content (AvgIpc) is 2.27.